The summed E-state index contributed by atoms with van der Waals surface area (Å²) in [7, 11) is 3.23. The van der Waals surface area contributed by atoms with Gasteiger partial charge in [0.15, 0.2) is 11.5 Å². The van der Waals surface area contributed by atoms with E-state index in [0.717, 1.165) is 24.8 Å². The van der Waals surface area contributed by atoms with Crippen LogP contribution >= 0.6 is 24.0 Å². The van der Waals surface area contributed by atoms with Crippen molar-refractivity contribution in [3.05, 3.63) is 28.7 Å². The topological polar surface area (TPSA) is 55.8 Å². The number of thioether (sulfide) groups is 1. The van der Waals surface area contributed by atoms with Crippen LogP contribution in [0.25, 0.3) is 6.08 Å². The lowest BCUT2D eigenvalue weighted by Crippen LogP contribution is -2.51. The highest BCUT2D eigenvalue weighted by atomic mass is 32.2. The van der Waals surface area contributed by atoms with Gasteiger partial charge in [0, 0.05) is 7.05 Å². The van der Waals surface area contributed by atoms with Gasteiger partial charge in [-0.2, -0.15) is 0 Å². The number of thiocarbonyl (C=S) groups is 1. The monoisotopic (exact) mass is 443 g/mol. The minimum Gasteiger partial charge on any atom is -0.493 e. The van der Waals surface area contributed by atoms with E-state index < -0.39 is 0 Å². The van der Waals surface area contributed by atoms with Gasteiger partial charge in [0.1, 0.15) is 4.32 Å². The van der Waals surface area contributed by atoms with E-state index in [-0.39, 0.29) is 17.3 Å². The first kappa shape index (κ1) is 20.1. The number of ether oxygens (including phenoxy) is 2. The van der Waals surface area contributed by atoms with Gasteiger partial charge in [-0.15, -0.1) is 0 Å². The highest BCUT2D eigenvalue weighted by Gasteiger charge is 2.55. The Morgan fingerprint density at radius 1 is 1.17 bits per heavy atom. The van der Waals surface area contributed by atoms with Gasteiger partial charge in [-0.1, -0.05) is 30.0 Å². The van der Waals surface area contributed by atoms with E-state index in [0.29, 0.717) is 38.5 Å². The molecule has 5 fully saturated rings. The molecule has 4 aliphatic carbocycles. The smallest absolute Gasteiger partial charge is 0.317 e. The number of esters is 1. The van der Waals surface area contributed by atoms with Gasteiger partial charge in [0.05, 0.1) is 17.4 Å². The zero-order valence-electron chi connectivity index (χ0n) is 17.2. The fourth-order valence-corrected chi connectivity index (χ4v) is 7.30. The van der Waals surface area contributed by atoms with Crippen LogP contribution in [0.1, 0.15) is 44.1 Å². The number of benzene rings is 1. The summed E-state index contributed by atoms with van der Waals surface area (Å²) < 4.78 is 12.0. The Morgan fingerprint density at radius 3 is 2.33 bits per heavy atom. The number of methoxy groups -OCH3 is 1. The summed E-state index contributed by atoms with van der Waals surface area (Å²) >= 11 is 6.46. The van der Waals surface area contributed by atoms with Crippen LogP contribution in [-0.4, -0.2) is 35.3 Å². The molecule has 5 aliphatic rings. The van der Waals surface area contributed by atoms with Gasteiger partial charge >= 0.3 is 5.97 Å². The van der Waals surface area contributed by atoms with Crippen LogP contribution in [0.15, 0.2) is 23.1 Å². The van der Waals surface area contributed by atoms with Crippen LogP contribution in [0.5, 0.6) is 11.5 Å². The van der Waals surface area contributed by atoms with Gasteiger partial charge in [-0.05, 0) is 80.1 Å². The number of rotatable bonds is 4. The van der Waals surface area contributed by atoms with Crippen molar-refractivity contribution in [3.8, 4) is 11.5 Å². The maximum atomic E-state index is 13.3. The first-order valence-corrected chi connectivity index (χ1v) is 11.7. The summed E-state index contributed by atoms with van der Waals surface area (Å²) in [6.45, 7) is 0. The number of likely N-dealkylation sites (N-methyl/N-ethyl adjacent to an activating group) is 1. The molecule has 1 aromatic carbocycles. The van der Waals surface area contributed by atoms with Crippen LogP contribution in [0.4, 0.5) is 0 Å². The summed E-state index contributed by atoms with van der Waals surface area (Å²) in [5.74, 6) is 2.79. The first-order valence-electron chi connectivity index (χ1n) is 10.5. The summed E-state index contributed by atoms with van der Waals surface area (Å²) in [5, 5.41) is 0. The fraction of sp³-hybridized carbons (Fsp3) is 0.522. The summed E-state index contributed by atoms with van der Waals surface area (Å²) in [4.78, 5) is 27.5. The van der Waals surface area contributed by atoms with Gasteiger partial charge in [0.2, 0.25) is 0 Å². The molecule has 0 aromatic heterocycles. The van der Waals surface area contributed by atoms with Crippen molar-refractivity contribution in [2.45, 2.75) is 38.5 Å². The van der Waals surface area contributed by atoms with E-state index in [4.69, 9.17) is 21.7 Å². The number of carbonyl (C=O) groups excluding carboxylic acids is 2. The van der Waals surface area contributed by atoms with Crippen molar-refractivity contribution in [2.75, 3.05) is 14.2 Å². The Labute approximate surface area is 186 Å². The second-order valence-electron chi connectivity index (χ2n) is 9.24. The molecule has 1 aliphatic heterocycles. The third-order valence-corrected chi connectivity index (χ3v) is 8.63. The van der Waals surface area contributed by atoms with Crippen LogP contribution in [0.2, 0.25) is 0 Å². The molecule has 1 aromatic rings. The molecule has 1 amide bonds. The van der Waals surface area contributed by atoms with Crippen molar-refractivity contribution < 1.29 is 19.1 Å². The van der Waals surface area contributed by atoms with Gasteiger partial charge in [-0.3, -0.25) is 14.5 Å². The Balaban J connectivity index is 1.36. The van der Waals surface area contributed by atoms with E-state index >= 15 is 0 Å². The number of hydrogen-bond acceptors (Lipinski definition) is 6. The van der Waals surface area contributed by atoms with Crippen molar-refractivity contribution in [3.63, 3.8) is 0 Å². The lowest BCUT2D eigenvalue weighted by atomic mass is 9.49. The quantitative estimate of drug-likeness (QED) is 0.292. The third-order valence-electron chi connectivity index (χ3n) is 7.15. The van der Waals surface area contributed by atoms with Crippen molar-refractivity contribution >= 4 is 46.3 Å². The molecule has 0 radical (unpaired) electrons. The molecule has 7 heteroatoms. The molecule has 5 nitrogen and oxygen atoms in total. The van der Waals surface area contributed by atoms with E-state index in [9.17, 15) is 9.59 Å². The molecule has 1 heterocycles. The van der Waals surface area contributed by atoms with Crippen molar-refractivity contribution in [2.24, 2.45) is 23.2 Å². The number of hydrogen-bond donors (Lipinski definition) is 0. The molecule has 0 N–H and O–H groups in total. The molecule has 1 saturated heterocycles. The molecular formula is C23H25NO4S2. The molecule has 0 atom stereocenters. The summed E-state index contributed by atoms with van der Waals surface area (Å²) in [5.41, 5.74) is 0.489. The Morgan fingerprint density at radius 2 is 1.80 bits per heavy atom. The first-order chi connectivity index (χ1) is 14.4. The Hall–Kier alpha value is -1.86. The summed E-state index contributed by atoms with van der Waals surface area (Å²) in [6, 6.07) is 5.40. The Bertz CT molecular complexity index is 935. The van der Waals surface area contributed by atoms with E-state index in [1.54, 1.807) is 32.4 Å². The van der Waals surface area contributed by atoms with Crippen LogP contribution < -0.4 is 9.47 Å². The van der Waals surface area contributed by atoms with E-state index in [2.05, 4.69) is 0 Å². The fourth-order valence-electron chi connectivity index (χ4n) is 6.12. The third kappa shape index (κ3) is 3.36. The molecule has 158 valence electrons. The van der Waals surface area contributed by atoms with Crippen LogP contribution in [0, 0.1) is 23.2 Å². The lowest BCUT2D eigenvalue weighted by Gasteiger charge is -2.55. The molecule has 4 bridgehead atoms. The number of nitrogens with zero attached hydrogens (tertiary/aromatic N) is 1. The second-order valence-corrected chi connectivity index (χ2v) is 10.9. The van der Waals surface area contributed by atoms with Gasteiger partial charge in [-0.25, -0.2) is 0 Å². The van der Waals surface area contributed by atoms with Gasteiger partial charge in [0.25, 0.3) is 5.91 Å². The molecule has 0 spiro atoms. The van der Waals surface area contributed by atoms with E-state index in [1.807, 2.05) is 6.07 Å². The van der Waals surface area contributed by atoms with Crippen LogP contribution in [0.3, 0.4) is 0 Å². The maximum Gasteiger partial charge on any atom is 0.317 e. The summed E-state index contributed by atoms with van der Waals surface area (Å²) in [6.07, 6.45) is 8.55. The second kappa shape index (κ2) is 7.38. The maximum absolute atomic E-state index is 13.3. The normalized spacial score (nSPS) is 33.5. The van der Waals surface area contributed by atoms with Gasteiger partial charge < -0.3 is 9.47 Å². The highest BCUT2D eigenvalue weighted by Crippen LogP contribution is 2.60. The SMILES string of the molecule is COc1cc(/C=C2/SC(=S)N(C)C2=O)ccc1OC(=O)C12CC3CC(CC(C3)C1)C2. The predicted molar refractivity (Wildman–Crippen MR) is 120 cm³/mol. The average Bonchev–Trinajstić information content (AvgIpc) is 2.94. The standard InChI is InChI=1S/C23H25NO4S2/c1-24-20(25)19(30-22(24)29)9-13-3-4-17(18(8-13)27-2)28-21(26)23-10-14-5-15(11-23)7-16(6-14)12-23/h3-4,8-9,14-16H,5-7,10-12H2,1-2H3/b19-9+. The highest BCUT2D eigenvalue weighted by molar-refractivity contribution is 8.26. The lowest BCUT2D eigenvalue weighted by molar-refractivity contribution is -0.161. The van der Waals surface area contributed by atoms with Crippen molar-refractivity contribution in [1.82, 2.24) is 4.90 Å². The predicted octanol–water partition coefficient (Wildman–Crippen LogP) is 4.65. The van der Waals surface area contributed by atoms with E-state index in [1.165, 1.54) is 35.9 Å². The minimum atomic E-state index is -0.312. The average molecular weight is 444 g/mol. The van der Waals surface area contributed by atoms with Crippen LogP contribution in [-0.2, 0) is 9.59 Å². The van der Waals surface area contributed by atoms with Crippen molar-refractivity contribution in [1.29, 1.82) is 0 Å². The molecule has 6 rings (SSSR count). The molecule has 30 heavy (non-hydrogen) atoms. The molecular weight excluding hydrogens is 418 g/mol. The minimum absolute atomic E-state index is 0.0977. The number of amides is 1. The molecule has 4 saturated carbocycles. The largest absolute Gasteiger partial charge is 0.493 e. The zero-order valence-corrected chi connectivity index (χ0v) is 18.8. The Kier molecular flexibility index (Phi) is 4.93. The molecule has 0 unspecified atom stereocenters. The number of carbonyl (C=O) groups is 2. The zero-order chi connectivity index (χ0) is 21.0.